The van der Waals surface area contributed by atoms with Crippen LogP contribution >= 0.6 is 0 Å². The predicted molar refractivity (Wildman–Crippen MR) is 52.4 cm³/mol. The molecule has 68 valence electrons. The van der Waals surface area contributed by atoms with Gasteiger partial charge in [0.1, 0.15) is 0 Å². The van der Waals surface area contributed by atoms with Crippen LogP contribution in [0.4, 0.5) is 0 Å². The summed E-state index contributed by atoms with van der Waals surface area (Å²) in [6, 6.07) is 10.1. The number of hydrogen-bond donors (Lipinski definition) is 2. The Kier molecular flexibility index (Phi) is 2.38. The molecule has 0 amide bonds. The third kappa shape index (κ3) is 1.62. The predicted octanol–water partition coefficient (Wildman–Crippen LogP) is 1.41. The summed E-state index contributed by atoms with van der Waals surface area (Å²) in [5.74, 6) is 0.392. The highest BCUT2D eigenvalue weighted by molar-refractivity contribution is 6.43. The minimum absolute atomic E-state index is 0.0439. The average Bonchev–Trinajstić information content (AvgIpc) is 2.02. The van der Waals surface area contributed by atoms with Gasteiger partial charge in [0, 0.05) is 5.82 Å². The van der Waals surface area contributed by atoms with Gasteiger partial charge in [0.15, 0.2) is 0 Å². The summed E-state index contributed by atoms with van der Waals surface area (Å²) < 4.78 is 0. The normalized spacial score (nSPS) is 26.6. The second-order valence-electron chi connectivity index (χ2n) is 3.67. The van der Waals surface area contributed by atoms with Crippen LogP contribution in [0, 0.1) is 0 Å². The maximum Gasteiger partial charge on any atom is 0.455 e. The lowest BCUT2D eigenvalue weighted by Gasteiger charge is -2.36. The van der Waals surface area contributed by atoms with Gasteiger partial charge in [-0.05, 0) is 17.9 Å². The highest BCUT2D eigenvalue weighted by atomic mass is 16.4. The Morgan fingerprint density at radius 1 is 1.08 bits per heavy atom. The lowest BCUT2D eigenvalue weighted by Crippen LogP contribution is -2.32. The van der Waals surface area contributed by atoms with Crippen LogP contribution in [0.15, 0.2) is 30.3 Å². The van der Waals surface area contributed by atoms with Crippen molar-refractivity contribution in [2.75, 3.05) is 0 Å². The van der Waals surface area contributed by atoms with Crippen molar-refractivity contribution in [3.63, 3.8) is 0 Å². The molecule has 13 heavy (non-hydrogen) atoms. The Balaban J connectivity index is 2.11. The van der Waals surface area contributed by atoms with E-state index in [2.05, 4.69) is 12.1 Å². The molecule has 0 unspecified atom stereocenters. The van der Waals surface area contributed by atoms with Crippen molar-refractivity contribution in [1.82, 2.24) is 0 Å². The molecule has 0 saturated heterocycles. The first kappa shape index (κ1) is 8.79. The van der Waals surface area contributed by atoms with Crippen LogP contribution in [-0.4, -0.2) is 17.2 Å². The van der Waals surface area contributed by atoms with Crippen LogP contribution in [-0.2, 0) is 0 Å². The standard InChI is InChI=1S/C10H13BO2/c12-11(13)10-7-6-9(10)8-4-2-1-3-5-8/h1-5,9-10,12-13H,6-7H2/t9-,10-/m1/s1. The van der Waals surface area contributed by atoms with E-state index in [4.69, 9.17) is 10.0 Å². The fourth-order valence-electron chi connectivity index (χ4n) is 2.00. The van der Waals surface area contributed by atoms with Crippen molar-refractivity contribution in [3.05, 3.63) is 35.9 Å². The van der Waals surface area contributed by atoms with E-state index in [9.17, 15) is 0 Å². The molecule has 0 aromatic heterocycles. The van der Waals surface area contributed by atoms with Crippen LogP contribution in [0.3, 0.4) is 0 Å². The Morgan fingerprint density at radius 3 is 2.23 bits per heavy atom. The summed E-state index contributed by atoms with van der Waals surface area (Å²) >= 11 is 0. The molecule has 0 radical (unpaired) electrons. The van der Waals surface area contributed by atoms with Gasteiger partial charge in [-0.25, -0.2) is 0 Å². The molecule has 0 spiro atoms. The van der Waals surface area contributed by atoms with E-state index in [1.54, 1.807) is 0 Å². The minimum atomic E-state index is -1.15. The van der Waals surface area contributed by atoms with E-state index in [0.29, 0.717) is 5.92 Å². The third-order valence-electron chi connectivity index (χ3n) is 2.94. The number of benzene rings is 1. The maximum atomic E-state index is 9.06. The molecule has 1 aliphatic carbocycles. The zero-order valence-corrected chi connectivity index (χ0v) is 7.43. The summed E-state index contributed by atoms with van der Waals surface area (Å²) in [6.45, 7) is 0. The van der Waals surface area contributed by atoms with E-state index >= 15 is 0 Å². The Hall–Kier alpha value is -0.795. The van der Waals surface area contributed by atoms with Gasteiger partial charge in [0.2, 0.25) is 0 Å². The molecule has 0 aliphatic heterocycles. The SMILES string of the molecule is OB(O)[C@@H]1CC[C@@H]1c1ccccc1. The minimum Gasteiger partial charge on any atom is -0.427 e. The molecule has 1 fully saturated rings. The first-order chi connectivity index (χ1) is 6.29. The topological polar surface area (TPSA) is 40.5 Å². The maximum absolute atomic E-state index is 9.06. The van der Waals surface area contributed by atoms with Crippen LogP contribution in [0.5, 0.6) is 0 Å². The highest BCUT2D eigenvalue weighted by Gasteiger charge is 2.39. The van der Waals surface area contributed by atoms with Crippen molar-refractivity contribution in [3.8, 4) is 0 Å². The second-order valence-corrected chi connectivity index (χ2v) is 3.67. The Labute approximate surface area is 78.4 Å². The zero-order chi connectivity index (χ0) is 9.26. The van der Waals surface area contributed by atoms with E-state index in [-0.39, 0.29) is 5.82 Å². The first-order valence-electron chi connectivity index (χ1n) is 4.70. The molecule has 0 bridgehead atoms. The van der Waals surface area contributed by atoms with E-state index in [0.717, 1.165) is 12.8 Å². The lowest BCUT2D eigenvalue weighted by atomic mass is 9.53. The molecule has 1 aromatic carbocycles. The summed E-state index contributed by atoms with van der Waals surface area (Å²) in [7, 11) is -1.15. The molecule has 1 aliphatic rings. The van der Waals surface area contributed by atoms with Gasteiger partial charge in [0.05, 0.1) is 0 Å². The smallest absolute Gasteiger partial charge is 0.427 e. The second kappa shape index (κ2) is 3.52. The van der Waals surface area contributed by atoms with Gasteiger partial charge in [0.25, 0.3) is 0 Å². The van der Waals surface area contributed by atoms with Gasteiger partial charge >= 0.3 is 7.12 Å². The summed E-state index contributed by atoms with van der Waals surface area (Å²) in [5, 5.41) is 18.1. The molecule has 1 aromatic rings. The fraction of sp³-hybridized carbons (Fsp3) is 0.400. The lowest BCUT2D eigenvalue weighted by molar-refractivity contribution is 0.306. The zero-order valence-electron chi connectivity index (χ0n) is 7.43. The molecule has 2 rings (SSSR count). The van der Waals surface area contributed by atoms with Gasteiger partial charge < -0.3 is 10.0 Å². The monoisotopic (exact) mass is 176 g/mol. The third-order valence-corrected chi connectivity index (χ3v) is 2.94. The molecule has 3 heteroatoms. The van der Waals surface area contributed by atoms with Crippen molar-refractivity contribution in [2.45, 2.75) is 24.6 Å². The van der Waals surface area contributed by atoms with Crippen LogP contribution in [0.1, 0.15) is 24.3 Å². The van der Waals surface area contributed by atoms with Crippen molar-refractivity contribution >= 4 is 7.12 Å². The first-order valence-corrected chi connectivity index (χ1v) is 4.70. The van der Waals surface area contributed by atoms with Crippen LogP contribution in [0.2, 0.25) is 5.82 Å². The van der Waals surface area contributed by atoms with Gasteiger partial charge in [-0.2, -0.15) is 0 Å². The fourth-order valence-corrected chi connectivity index (χ4v) is 2.00. The van der Waals surface area contributed by atoms with E-state index in [1.807, 2.05) is 18.2 Å². The molecule has 1 saturated carbocycles. The number of rotatable bonds is 2. The van der Waals surface area contributed by atoms with Crippen molar-refractivity contribution in [1.29, 1.82) is 0 Å². The quantitative estimate of drug-likeness (QED) is 0.668. The number of hydrogen-bond acceptors (Lipinski definition) is 2. The molecular weight excluding hydrogens is 163 g/mol. The molecule has 2 N–H and O–H groups in total. The highest BCUT2D eigenvalue weighted by Crippen LogP contribution is 2.47. The van der Waals surface area contributed by atoms with Gasteiger partial charge in [-0.1, -0.05) is 36.8 Å². The van der Waals surface area contributed by atoms with Gasteiger partial charge in [-0.3, -0.25) is 0 Å². The van der Waals surface area contributed by atoms with E-state index < -0.39 is 7.12 Å². The largest absolute Gasteiger partial charge is 0.455 e. The van der Waals surface area contributed by atoms with E-state index in [1.165, 1.54) is 5.56 Å². The van der Waals surface area contributed by atoms with Crippen LogP contribution in [0.25, 0.3) is 0 Å². The van der Waals surface area contributed by atoms with Crippen LogP contribution < -0.4 is 0 Å². The molecule has 0 heterocycles. The summed E-state index contributed by atoms with van der Waals surface area (Å²) in [4.78, 5) is 0. The molecule has 2 atom stereocenters. The molecular formula is C10H13BO2. The Bertz CT molecular complexity index is 274. The summed E-state index contributed by atoms with van der Waals surface area (Å²) in [5.41, 5.74) is 1.23. The summed E-state index contributed by atoms with van der Waals surface area (Å²) in [6.07, 6.45) is 2.00. The Morgan fingerprint density at radius 2 is 1.77 bits per heavy atom. The average molecular weight is 176 g/mol. The molecule has 2 nitrogen and oxygen atoms in total. The van der Waals surface area contributed by atoms with Crippen molar-refractivity contribution in [2.24, 2.45) is 0 Å². The van der Waals surface area contributed by atoms with Crippen molar-refractivity contribution < 1.29 is 10.0 Å². The van der Waals surface area contributed by atoms with Gasteiger partial charge in [-0.15, -0.1) is 0 Å².